The molecule has 2 heterocycles. The zero-order valence-electron chi connectivity index (χ0n) is 20.5. The first-order valence-corrected chi connectivity index (χ1v) is 12.2. The Hall–Kier alpha value is -2.49. The smallest absolute Gasteiger partial charge is 0.251 e. The minimum absolute atomic E-state index is 0.00330. The van der Waals surface area contributed by atoms with Crippen molar-refractivity contribution in [2.75, 3.05) is 57.9 Å². The molecule has 188 valence electrons. The summed E-state index contributed by atoms with van der Waals surface area (Å²) in [6.45, 7) is 11.5. The van der Waals surface area contributed by atoms with E-state index in [-0.39, 0.29) is 36.0 Å². The van der Waals surface area contributed by atoms with E-state index in [9.17, 15) is 14.4 Å². The SMILES string of the molecule is CC(C)CC(NC(=O)c1ccc(NCCN2CCOCC2)cc1)C(=O)N[C@@H]1C(=O)COC[C@H]1C. The number of rotatable bonds is 10. The normalized spacial score (nSPS) is 22.3. The molecule has 1 unspecified atom stereocenters. The van der Waals surface area contributed by atoms with Crippen molar-refractivity contribution in [2.24, 2.45) is 11.8 Å². The van der Waals surface area contributed by atoms with Crippen molar-refractivity contribution in [3.05, 3.63) is 29.8 Å². The van der Waals surface area contributed by atoms with Crippen molar-refractivity contribution >= 4 is 23.3 Å². The number of hydrogen-bond acceptors (Lipinski definition) is 7. The molecule has 9 heteroatoms. The van der Waals surface area contributed by atoms with Crippen molar-refractivity contribution in [1.82, 2.24) is 15.5 Å². The largest absolute Gasteiger partial charge is 0.384 e. The van der Waals surface area contributed by atoms with Crippen LogP contribution in [0.1, 0.15) is 37.6 Å². The van der Waals surface area contributed by atoms with Crippen LogP contribution < -0.4 is 16.0 Å². The number of ketones is 1. The van der Waals surface area contributed by atoms with Gasteiger partial charge in [-0.15, -0.1) is 0 Å². The van der Waals surface area contributed by atoms with Crippen molar-refractivity contribution in [3.63, 3.8) is 0 Å². The Kier molecular flexibility index (Phi) is 9.86. The molecule has 3 rings (SSSR count). The molecule has 2 aliphatic rings. The number of carbonyl (C=O) groups is 3. The van der Waals surface area contributed by atoms with Gasteiger partial charge in [0.1, 0.15) is 12.6 Å². The summed E-state index contributed by atoms with van der Waals surface area (Å²) in [5.74, 6) is -0.707. The van der Waals surface area contributed by atoms with Crippen LogP contribution in [0.15, 0.2) is 24.3 Å². The first kappa shape index (κ1) is 26.1. The van der Waals surface area contributed by atoms with Gasteiger partial charge in [0, 0.05) is 43.3 Å². The molecule has 2 amide bonds. The fraction of sp³-hybridized carbons (Fsp3) is 0.640. The highest BCUT2D eigenvalue weighted by atomic mass is 16.5. The molecule has 0 bridgehead atoms. The summed E-state index contributed by atoms with van der Waals surface area (Å²) in [4.78, 5) is 40.4. The minimum atomic E-state index is -0.721. The fourth-order valence-corrected chi connectivity index (χ4v) is 4.19. The Morgan fingerprint density at radius 1 is 1.12 bits per heavy atom. The lowest BCUT2D eigenvalue weighted by Crippen LogP contribution is -2.56. The molecule has 1 aromatic carbocycles. The first-order chi connectivity index (χ1) is 16.3. The number of Topliss-reactive ketones (excluding diaryl/α,β-unsaturated/α-hetero) is 1. The maximum absolute atomic E-state index is 13.0. The molecule has 0 radical (unpaired) electrons. The lowest BCUT2D eigenvalue weighted by atomic mass is 9.95. The van der Waals surface area contributed by atoms with Gasteiger partial charge >= 0.3 is 0 Å². The predicted molar refractivity (Wildman–Crippen MR) is 130 cm³/mol. The highest BCUT2D eigenvalue weighted by Crippen LogP contribution is 2.14. The number of morpholine rings is 1. The summed E-state index contributed by atoms with van der Waals surface area (Å²) >= 11 is 0. The van der Waals surface area contributed by atoms with Gasteiger partial charge < -0.3 is 25.4 Å². The van der Waals surface area contributed by atoms with Gasteiger partial charge in [-0.1, -0.05) is 20.8 Å². The highest BCUT2D eigenvalue weighted by molar-refractivity contribution is 5.99. The third kappa shape index (κ3) is 7.78. The van der Waals surface area contributed by atoms with E-state index in [0.717, 1.165) is 45.1 Å². The zero-order valence-corrected chi connectivity index (χ0v) is 20.5. The third-order valence-corrected chi connectivity index (χ3v) is 6.18. The maximum Gasteiger partial charge on any atom is 0.251 e. The lowest BCUT2D eigenvalue weighted by Gasteiger charge is -2.30. The monoisotopic (exact) mass is 474 g/mol. The Bertz CT molecular complexity index is 823. The standard InChI is InChI=1S/C25H38N4O5/c1-17(2)14-21(25(32)28-23-18(3)15-34-16-22(23)30)27-24(31)19-4-6-20(7-5-19)26-8-9-29-10-12-33-13-11-29/h4-7,17-18,21,23,26H,8-16H2,1-3H3,(H,27,31)(H,28,32)/t18-,21?,23+/m1/s1. The number of hydrogen-bond donors (Lipinski definition) is 3. The quantitative estimate of drug-likeness (QED) is 0.469. The van der Waals surface area contributed by atoms with Crippen LogP contribution in [0.3, 0.4) is 0 Å². The number of nitrogens with zero attached hydrogens (tertiary/aromatic N) is 1. The van der Waals surface area contributed by atoms with E-state index in [1.807, 2.05) is 32.9 Å². The van der Waals surface area contributed by atoms with Crippen LogP contribution in [-0.2, 0) is 19.1 Å². The molecule has 2 fully saturated rings. The second kappa shape index (κ2) is 12.8. The van der Waals surface area contributed by atoms with Crippen LogP contribution in [0.2, 0.25) is 0 Å². The van der Waals surface area contributed by atoms with Gasteiger partial charge in [0.25, 0.3) is 5.91 Å². The van der Waals surface area contributed by atoms with Gasteiger partial charge in [0.15, 0.2) is 5.78 Å². The van der Waals surface area contributed by atoms with E-state index in [0.29, 0.717) is 18.6 Å². The third-order valence-electron chi connectivity index (χ3n) is 6.18. The van der Waals surface area contributed by atoms with Crippen LogP contribution in [0.5, 0.6) is 0 Å². The van der Waals surface area contributed by atoms with E-state index in [4.69, 9.17) is 9.47 Å². The predicted octanol–water partition coefficient (Wildman–Crippen LogP) is 1.30. The van der Waals surface area contributed by atoms with Gasteiger partial charge in [0.05, 0.1) is 25.9 Å². The van der Waals surface area contributed by atoms with Crippen molar-refractivity contribution in [2.45, 2.75) is 39.3 Å². The van der Waals surface area contributed by atoms with Crippen LogP contribution in [0.25, 0.3) is 0 Å². The number of benzene rings is 1. The summed E-state index contributed by atoms with van der Waals surface area (Å²) in [6.07, 6.45) is 0.477. The average molecular weight is 475 g/mol. The van der Waals surface area contributed by atoms with Crippen LogP contribution >= 0.6 is 0 Å². The van der Waals surface area contributed by atoms with Crippen LogP contribution in [-0.4, -0.2) is 87.2 Å². The highest BCUT2D eigenvalue weighted by Gasteiger charge is 2.33. The van der Waals surface area contributed by atoms with Gasteiger partial charge in [-0.2, -0.15) is 0 Å². The van der Waals surface area contributed by atoms with E-state index in [1.54, 1.807) is 12.1 Å². The molecule has 0 aromatic heterocycles. The molecule has 3 N–H and O–H groups in total. The summed E-state index contributed by atoms with van der Waals surface area (Å²) < 4.78 is 10.6. The second-order valence-corrected chi connectivity index (χ2v) is 9.56. The minimum Gasteiger partial charge on any atom is -0.384 e. The summed E-state index contributed by atoms with van der Waals surface area (Å²) in [5.41, 5.74) is 1.42. The average Bonchev–Trinajstić information content (AvgIpc) is 2.82. The molecule has 0 saturated carbocycles. The van der Waals surface area contributed by atoms with Gasteiger partial charge in [0.2, 0.25) is 5.91 Å². The van der Waals surface area contributed by atoms with Crippen molar-refractivity contribution in [3.8, 4) is 0 Å². The topological polar surface area (TPSA) is 109 Å². The van der Waals surface area contributed by atoms with Crippen molar-refractivity contribution < 1.29 is 23.9 Å². The second-order valence-electron chi connectivity index (χ2n) is 9.56. The number of anilines is 1. The molecule has 34 heavy (non-hydrogen) atoms. The number of carbonyl (C=O) groups excluding carboxylic acids is 3. The molecular formula is C25H38N4O5. The van der Waals surface area contributed by atoms with Crippen LogP contribution in [0, 0.1) is 11.8 Å². The van der Waals surface area contributed by atoms with Crippen molar-refractivity contribution in [1.29, 1.82) is 0 Å². The van der Waals surface area contributed by atoms with E-state index in [1.165, 1.54) is 0 Å². The summed E-state index contributed by atoms with van der Waals surface area (Å²) in [6, 6.07) is 5.93. The summed E-state index contributed by atoms with van der Waals surface area (Å²) in [5, 5.41) is 9.07. The molecular weight excluding hydrogens is 436 g/mol. The zero-order chi connectivity index (χ0) is 24.5. The number of ether oxygens (including phenoxy) is 2. The van der Waals surface area contributed by atoms with Crippen LogP contribution in [0.4, 0.5) is 5.69 Å². The Morgan fingerprint density at radius 2 is 1.82 bits per heavy atom. The number of nitrogens with one attached hydrogen (secondary N) is 3. The van der Waals surface area contributed by atoms with Gasteiger partial charge in [-0.05, 0) is 36.6 Å². The Morgan fingerprint density at radius 3 is 2.47 bits per heavy atom. The molecule has 3 atom stereocenters. The molecule has 1 aromatic rings. The first-order valence-electron chi connectivity index (χ1n) is 12.2. The fourth-order valence-electron chi connectivity index (χ4n) is 4.19. The van der Waals surface area contributed by atoms with Gasteiger partial charge in [-0.3, -0.25) is 19.3 Å². The van der Waals surface area contributed by atoms with E-state index in [2.05, 4.69) is 20.9 Å². The van der Waals surface area contributed by atoms with E-state index < -0.39 is 12.1 Å². The molecule has 0 spiro atoms. The Balaban J connectivity index is 1.53. The van der Waals surface area contributed by atoms with E-state index >= 15 is 0 Å². The molecule has 0 aliphatic carbocycles. The lowest BCUT2D eigenvalue weighted by molar-refractivity contribution is -0.137. The number of amides is 2. The molecule has 2 saturated heterocycles. The maximum atomic E-state index is 13.0. The molecule has 9 nitrogen and oxygen atoms in total. The Labute approximate surface area is 201 Å². The summed E-state index contributed by atoms with van der Waals surface area (Å²) in [7, 11) is 0. The van der Waals surface area contributed by atoms with Gasteiger partial charge in [-0.25, -0.2) is 0 Å². The molecule has 2 aliphatic heterocycles.